The Morgan fingerprint density at radius 3 is 2.47 bits per heavy atom. The quantitative estimate of drug-likeness (QED) is 0.546. The molecule has 5 rings (SSSR count). The first kappa shape index (κ1) is 20.2. The first-order valence-electron chi connectivity index (χ1n) is 10.2. The minimum absolute atomic E-state index is 0.0191. The summed E-state index contributed by atoms with van der Waals surface area (Å²) >= 11 is 0. The first-order valence-corrected chi connectivity index (χ1v) is 10.2. The van der Waals surface area contributed by atoms with E-state index in [0.717, 1.165) is 28.5 Å². The van der Waals surface area contributed by atoms with Crippen LogP contribution in [0.2, 0.25) is 0 Å². The molecule has 0 bridgehead atoms. The lowest BCUT2D eigenvalue weighted by molar-refractivity contribution is -0.274. The Balaban J connectivity index is 1.53. The molecule has 1 aliphatic carbocycles. The van der Waals surface area contributed by atoms with Gasteiger partial charge in [0.15, 0.2) is 0 Å². The predicted molar refractivity (Wildman–Crippen MR) is 114 cm³/mol. The van der Waals surface area contributed by atoms with Crippen LogP contribution in [0.1, 0.15) is 36.4 Å². The van der Waals surface area contributed by atoms with Crippen LogP contribution < -0.4 is 10.1 Å². The number of nitrogens with one attached hydrogen (secondary N) is 1. The molecular formula is C24H18F3N3O2. The molecule has 1 amide bonds. The summed E-state index contributed by atoms with van der Waals surface area (Å²) in [4.78, 5) is 21.7. The highest BCUT2D eigenvalue weighted by atomic mass is 19.4. The highest BCUT2D eigenvalue weighted by Gasteiger charge is 2.31. The molecule has 32 heavy (non-hydrogen) atoms. The molecule has 2 heterocycles. The Hall–Kier alpha value is -3.68. The summed E-state index contributed by atoms with van der Waals surface area (Å²) in [5.74, 6) is -0.238. The third-order valence-electron chi connectivity index (χ3n) is 5.39. The summed E-state index contributed by atoms with van der Waals surface area (Å²) in [7, 11) is 0. The summed E-state index contributed by atoms with van der Waals surface area (Å²) in [6.45, 7) is 0. The van der Waals surface area contributed by atoms with Crippen LogP contribution in [-0.4, -0.2) is 23.0 Å². The number of carbonyl (C=O) groups excluding carboxylic acids is 1. The minimum Gasteiger partial charge on any atom is -0.406 e. The third kappa shape index (κ3) is 4.34. The van der Waals surface area contributed by atoms with Crippen molar-refractivity contribution in [2.45, 2.75) is 31.5 Å². The molecule has 1 aromatic heterocycles. The van der Waals surface area contributed by atoms with Crippen molar-refractivity contribution < 1.29 is 22.7 Å². The number of aliphatic imine (C=N–C) groups is 1. The highest BCUT2D eigenvalue weighted by molar-refractivity contribution is 6.19. The lowest BCUT2D eigenvalue weighted by atomic mass is 9.95. The predicted octanol–water partition coefficient (Wildman–Crippen LogP) is 5.99. The number of carbonyl (C=O) groups is 1. The van der Waals surface area contributed by atoms with E-state index in [1.165, 1.54) is 25.0 Å². The first-order chi connectivity index (χ1) is 15.4. The van der Waals surface area contributed by atoms with Crippen LogP contribution in [0.15, 0.2) is 65.8 Å². The second-order valence-electron chi connectivity index (χ2n) is 7.80. The molecule has 0 saturated heterocycles. The number of benzene rings is 2. The van der Waals surface area contributed by atoms with E-state index in [9.17, 15) is 18.0 Å². The molecule has 8 heteroatoms. The van der Waals surface area contributed by atoms with Gasteiger partial charge >= 0.3 is 6.36 Å². The van der Waals surface area contributed by atoms with Gasteiger partial charge in [0.25, 0.3) is 0 Å². The number of rotatable bonds is 4. The van der Waals surface area contributed by atoms with E-state index in [0.29, 0.717) is 17.3 Å². The molecule has 162 valence electrons. The van der Waals surface area contributed by atoms with E-state index >= 15 is 0 Å². The van der Waals surface area contributed by atoms with E-state index in [1.54, 1.807) is 0 Å². The van der Waals surface area contributed by atoms with Gasteiger partial charge in [-0.15, -0.1) is 13.2 Å². The van der Waals surface area contributed by atoms with Gasteiger partial charge in [-0.3, -0.25) is 14.8 Å². The molecule has 2 aromatic carbocycles. The molecule has 0 unspecified atom stereocenters. The van der Waals surface area contributed by atoms with Gasteiger partial charge in [0.2, 0.25) is 5.91 Å². The molecule has 0 radical (unpaired) electrons. The van der Waals surface area contributed by atoms with Crippen molar-refractivity contribution >= 4 is 23.0 Å². The van der Waals surface area contributed by atoms with Gasteiger partial charge in [0.05, 0.1) is 23.5 Å². The van der Waals surface area contributed by atoms with Crippen LogP contribution in [0.4, 0.5) is 24.5 Å². The normalized spacial score (nSPS) is 16.0. The number of halogens is 3. The molecule has 0 atom stereocenters. The topological polar surface area (TPSA) is 63.6 Å². The van der Waals surface area contributed by atoms with Crippen LogP contribution in [-0.2, 0) is 4.79 Å². The number of hydrogen-bond acceptors (Lipinski definition) is 4. The number of fused-ring (bicyclic) bond motifs is 1. The minimum atomic E-state index is -4.82. The number of hydrogen-bond donors (Lipinski definition) is 1. The fourth-order valence-electron chi connectivity index (χ4n) is 3.77. The van der Waals surface area contributed by atoms with Crippen LogP contribution >= 0.6 is 0 Å². The highest BCUT2D eigenvalue weighted by Crippen LogP contribution is 2.40. The fraction of sp³-hybridized carbons (Fsp3) is 0.208. The van der Waals surface area contributed by atoms with Crippen molar-refractivity contribution in [2.75, 3.05) is 5.32 Å². The van der Waals surface area contributed by atoms with Crippen molar-refractivity contribution in [3.63, 3.8) is 0 Å². The summed E-state index contributed by atoms with van der Waals surface area (Å²) in [6.07, 6.45) is -0.666. The molecule has 1 saturated carbocycles. The second kappa shape index (κ2) is 7.78. The number of nitrogens with zero attached hydrogens (tertiary/aromatic N) is 2. The van der Waals surface area contributed by atoms with Crippen LogP contribution in [0.25, 0.3) is 11.1 Å². The lowest BCUT2D eigenvalue weighted by Crippen LogP contribution is -2.17. The van der Waals surface area contributed by atoms with E-state index in [1.807, 2.05) is 42.6 Å². The Morgan fingerprint density at radius 1 is 1.00 bits per heavy atom. The largest absolute Gasteiger partial charge is 0.573 e. The molecule has 3 aromatic rings. The molecule has 0 spiro atoms. The van der Waals surface area contributed by atoms with Gasteiger partial charge in [-0.2, -0.15) is 0 Å². The van der Waals surface area contributed by atoms with Crippen molar-refractivity contribution in [1.29, 1.82) is 0 Å². The number of alkyl halides is 3. The fourth-order valence-corrected chi connectivity index (χ4v) is 3.77. The number of amides is 1. The molecule has 1 fully saturated rings. The van der Waals surface area contributed by atoms with Crippen molar-refractivity contribution in [3.8, 4) is 16.9 Å². The van der Waals surface area contributed by atoms with Gasteiger partial charge in [-0.05, 0) is 36.6 Å². The molecule has 5 nitrogen and oxygen atoms in total. The standard InChI is InChI=1S/C24H18F3N3O2/c25-24(26,27)32-16-8-10-20-22(11-16)30-23(31)12-21(29-20)18-4-2-1-3-17(18)15-7-9-19(28-13-15)14-5-6-14/h1-4,7-11,13-14H,5-6,12H2,(H,30,31). The van der Waals surface area contributed by atoms with E-state index in [4.69, 9.17) is 0 Å². The number of anilines is 1. The average Bonchev–Trinajstić information content (AvgIpc) is 3.60. The summed E-state index contributed by atoms with van der Waals surface area (Å²) in [5, 5.41) is 2.62. The molecule has 2 aliphatic rings. The van der Waals surface area contributed by atoms with Crippen LogP contribution in [0, 0.1) is 0 Å². The third-order valence-corrected chi connectivity index (χ3v) is 5.39. The smallest absolute Gasteiger partial charge is 0.406 e. The van der Waals surface area contributed by atoms with E-state index < -0.39 is 12.1 Å². The van der Waals surface area contributed by atoms with Gasteiger partial charge < -0.3 is 10.1 Å². The van der Waals surface area contributed by atoms with Gasteiger partial charge in [0, 0.05) is 35.0 Å². The van der Waals surface area contributed by atoms with Gasteiger partial charge in [-0.1, -0.05) is 30.3 Å². The number of pyridine rings is 1. The van der Waals surface area contributed by atoms with Gasteiger partial charge in [0.1, 0.15) is 5.75 Å². The van der Waals surface area contributed by atoms with E-state index in [-0.39, 0.29) is 18.0 Å². The zero-order valence-electron chi connectivity index (χ0n) is 16.8. The molecule has 1 N–H and O–H groups in total. The maximum atomic E-state index is 12.5. The van der Waals surface area contributed by atoms with Crippen molar-refractivity contribution in [3.05, 3.63) is 72.1 Å². The molecule has 1 aliphatic heterocycles. The summed E-state index contributed by atoms with van der Waals surface area (Å²) in [6, 6.07) is 15.3. The Bertz CT molecular complexity index is 1220. The maximum absolute atomic E-state index is 12.5. The Labute approximate surface area is 182 Å². The van der Waals surface area contributed by atoms with Gasteiger partial charge in [-0.25, -0.2) is 0 Å². The monoisotopic (exact) mass is 437 g/mol. The SMILES string of the molecule is O=C1CC(c2ccccc2-c2ccc(C3CC3)nc2)=Nc2ccc(OC(F)(F)F)cc2N1. The maximum Gasteiger partial charge on any atom is 0.573 e. The number of aromatic nitrogens is 1. The van der Waals surface area contributed by atoms with E-state index in [2.05, 4.69) is 20.0 Å². The van der Waals surface area contributed by atoms with Crippen LogP contribution in [0.5, 0.6) is 5.75 Å². The molecular weight excluding hydrogens is 419 g/mol. The zero-order chi connectivity index (χ0) is 22.3. The Kier molecular flexibility index (Phi) is 4.92. The van der Waals surface area contributed by atoms with Crippen molar-refractivity contribution in [2.24, 2.45) is 4.99 Å². The lowest BCUT2D eigenvalue weighted by Gasteiger charge is -2.12. The second-order valence-corrected chi connectivity index (χ2v) is 7.80. The van der Waals surface area contributed by atoms with Crippen molar-refractivity contribution in [1.82, 2.24) is 4.98 Å². The average molecular weight is 437 g/mol. The zero-order valence-corrected chi connectivity index (χ0v) is 16.8. The van der Waals surface area contributed by atoms with Crippen LogP contribution in [0.3, 0.4) is 0 Å². The summed E-state index contributed by atoms with van der Waals surface area (Å²) < 4.78 is 41.6. The Morgan fingerprint density at radius 2 is 1.78 bits per heavy atom. The summed E-state index contributed by atoms with van der Waals surface area (Å²) in [5.41, 5.74) is 4.70. The number of ether oxygens (including phenoxy) is 1.